The molecule has 2 bridgehead atoms. The summed E-state index contributed by atoms with van der Waals surface area (Å²) in [5, 5.41) is 22.0. The first-order chi connectivity index (χ1) is 11.2. The van der Waals surface area contributed by atoms with Crippen molar-refractivity contribution in [3.8, 4) is 0 Å². The van der Waals surface area contributed by atoms with Gasteiger partial charge in [0.15, 0.2) is 0 Å². The van der Waals surface area contributed by atoms with Gasteiger partial charge in [-0.15, -0.1) is 0 Å². The minimum Gasteiger partial charge on any atom is -0.459 e. The van der Waals surface area contributed by atoms with Crippen molar-refractivity contribution in [3.05, 3.63) is 12.2 Å². The van der Waals surface area contributed by atoms with Gasteiger partial charge in [0, 0.05) is 11.3 Å². The van der Waals surface area contributed by atoms with Gasteiger partial charge in [-0.1, -0.05) is 19.1 Å². The molecule has 4 aliphatic carbocycles. The van der Waals surface area contributed by atoms with Crippen LogP contribution < -0.4 is 0 Å². The van der Waals surface area contributed by atoms with Crippen LogP contribution in [0.2, 0.25) is 0 Å². The number of allylic oxidation sites excluding steroid dienone is 1. The Morgan fingerprint density at radius 1 is 1.21 bits per heavy atom. The van der Waals surface area contributed by atoms with Crippen LogP contribution in [0, 0.1) is 34.0 Å². The summed E-state index contributed by atoms with van der Waals surface area (Å²) < 4.78 is 5.78. The number of rotatable bonds is 0. The second-order valence-corrected chi connectivity index (χ2v) is 9.73. The number of ether oxygens (including phenoxy) is 1. The van der Waals surface area contributed by atoms with E-state index in [1.807, 2.05) is 6.92 Å². The van der Waals surface area contributed by atoms with Gasteiger partial charge >= 0.3 is 5.97 Å². The van der Waals surface area contributed by atoms with Crippen LogP contribution in [0.5, 0.6) is 0 Å². The zero-order valence-corrected chi connectivity index (χ0v) is 14.6. The minimum absolute atomic E-state index is 0.0559. The first-order valence-electron chi connectivity index (χ1n) is 9.50. The Kier molecular flexibility index (Phi) is 2.74. The standard InChI is InChI=1S/C20H28O4/c1-10-8-20-9-11(10)4-5-12(20)18(2)7-6-13(21)19(3)15(18)14(16(20)22)24-17(19)23/h11-16,21-22H,1,4-9H2,2-3H3/t11-,12+,13+,14-,15+,16+,18+,19-,20+/m1/s1. The molecule has 0 aromatic rings. The lowest BCUT2D eigenvalue weighted by molar-refractivity contribution is -0.231. The highest BCUT2D eigenvalue weighted by Crippen LogP contribution is 2.74. The highest BCUT2D eigenvalue weighted by molar-refractivity contribution is 5.81. The van der Waals surface area contributed by atoms with Gasteiger partial charge < -0.3 is 14.9 Å². The summed E-state index contributed by atoms with van der Waals surface area (Å²) >= 11 is 0. The molecule has 5 aliphatic rings. The predicted molar refractivity (Wildman–Crippen MR) is 87.9 cm³/mol. The smallest absolute Gasteiger partial charge is 0.315 e. The predicted octanol–water partition coefficient (Wildman–Crippen LogP) is 2.43. The van der Waals surface area contributed by atoms with E-state index in [2.05, 4.69) is 13.5 Å². The lowest BCUT2D eigenvalue weighted by Gasteiger charge is -2.64. The maximum absolute atomic E-state index is 12.7. The van der Waals surface area contributed by atoms with E-state index in [0.29, 0.717) is 18.3 Å². The molecule has 0 aromatic carbocycles. The van der Waals surface area contributed by atoms with Crippen LogP contribution in [0.1, 0.15) is 52.4 Å². The maximum atomic E-state index is 12.7. The Balaban J connectivity index is 1.69. The van der Waals surface area contributed by atoms with E-state index >= 15 is 0 Å². The van der Waals surface area contributed by atoms with E-state index < -0.39 is 23.7 Å². The summed E-state index contributed by atoms with van der Waals surface area (Å²) in [4.78, 5) is 12.7. The van der Waals surface area contributed by atoms with Crippen molar-refractivity contribution in [2.24, 2.45) is 34.0 Å². The zero-order chi connectivity index (χ0) is 17.1. The van der Waals surface area contributed by atoms with E-state index in [4.69, 9.17) is 4.74 Å². The van der Waals surface area contributed by atoms with Crippen LogP contribution in [-0.4, -0.2) is 34.5 Å². The van der Waals surface area contributed by atoms with Crippen molar-refractivity contribution in [2.75, 3.05) is 0 Å². The van der Waals surface area contributed by atoms with Gasteiger partial charge in [0.2, 0.25) is 0 Å². The monoisotopic (exact) mass is 332 g/mol. The SMILES string of the molecule is C=C1C[C@]23C[C@H]1CC[C@H]2[C@]1(C)CC[C@H](O)[C@@]2(C)C(=O)O[C@@H]([C@@H]3O)[C@@H]12. The Labute approximate surface area is 143 Å². The summed E-state index contributed by atoms with van der Waals surface area (Å²) in [6.45, 7) is 8.46. The molecule has 9 atom stereocenters. The number of carbonyl (C=O) groups excluding carboxylic acids is 1. The lowest BCUT2D eigenvalue weighted by atomic mass is 9.40. The molecule has 132 valence electrons. The number of fused-ring (bicyclic) bond motifs is 2. The van der Waals surface area contributed by atoms with E-state index in [-0.39, 0.29) is 22.7 Å². The van der Waals surface area contributed by atoms with Gasteiger partial charge in [0.25, 0.3) is 0 Å². The Morgan fingerprint density at radius 2 is 1.96 bits per heavy atom. The summed E-state index contributed by atoms with van der Waals surface area (Å²) in [5.41, 5.74) is 0.178. The Hall–Kier alpha value is -0.870. The molecular weight excluding hydrogens is 304 g/mol. The second-order valence-electron chi connectivity index (χ2n) is 9.73. The third-order valence-corrected chi connectivity index (χ3v) is 8.97. The fourth-order valence-electron chi connectivity index (χ4n) is 7.95. The van der Waals surface area contributed by atoms with Crippen LogP contribution in [-0.2, 0) is 9.53 Å². The van der Waals surface area contributed by atoms with E-state index in [9.17, 15) is 15.0 Å². The van der Waals surface area contributed by atoms with Gasteiger partial charge in [-0.2, -0.15) is 0 Å². The average Bonchev–Trinajstić information content (AvgIpc) is 2.96. The molecule has 5 rings (SSSR count). The van der Waals surface area contributed by atoms with Crippen LogP contribution >= 0.6 is 0 Å². The van der Waals surface area contributed by atoms with Crippen LogP contribution in [0.4, 0.5) is 0 Å². The second kappa shape index (κ2) is 4.27. The van der Waals surface area contributed by atoms with E-state index in [1.54, 1.807) is 0 Å². The molecule has 0 amide bonds. The Morgan fingerprint density at radius 3 is 2.71 bits per heavy atom. The molecule has 1 heterocycles. The largest absolute Gasteiger partial charge is 0.459 e. The van der Waals surface area contributed by atoms with E-state index in [1.165, 1.54) is 5.57 Å². The van der Waals surface area contributed by atoms with E-state index in [0.717, 1.165) is 32.1 Å². The van der Waals surface area contributed by atoms with Gasteiger partial charge in [0.05, 0.1) is 17.6 Å². The number of aliphatic hydroxyl groups is 2. The summed E-state index contributed by atoms with van der Waals surface area (Å²) in [6, 6.07) is 0. The number of esters is 1. The molecule has 5 fully saturated rings. The van der Waals surface area contributed by atoms with Gasteiger partial charge in [-0.25, -0.2) is 0 Å². The first-order valence-corrected chi connectivity index (χ1v) is 9.50. The van der Waals surface area contributed by atoms with Crippen LogP contribution in [0.3, 0.4) is 0 Å². The van der Waals surface area contributed by atoms with Crippen molar-refractivity contribution in [1.82, 2.24) is 0 Å². The number of aliphatic hydroxyl groups excluding tert-OH is 2. The molecular formula is C20H28O4. The number of hydrogen-bond acceptors (Lipinski definition) is 4. The molecule has 1 spiro atoms. The van der Waals surface area contributed by atoms with Crippen molar-refractivity contribution >= 4 is 5.97 Å². The van der Waals surface area contributed by atoms with Crippen molar-refractivity contribution < 1.29 is 19.7 Å². The van der Waals surface area contributed by atoms with Crippen molar-refractivity contribution in [2.45, 2.75) is 70.7 Å². The normalized spacial score (nSPS) is 61.3. The highest BCUT2D eigenvalue weighted by atomic mass is 16.6. The molecule has 24 heavy (non-hydrogen) atoms. The fourth-order valence-corrected chi connectivity index (χ4v) is 7.95. The third kappa shape index (κ3) is 1.40. The molecule has 4 nitrogen and oxygen atoms in total. The number of hydrogen-bond donors (Lipinski definition) is 2. The zero-order valence-electron chi connectivity index (χ0n) is 14.6. The Bertz CT molecular complexity index is 644. The summed E-state index contributed by atoms with van der Waals surface area (Å²) in [7, 11) is 0. The highest BCUT2D eigenvalue weighted by Gasteiger charge is 2.76. The first kappa shape index (κ1) is 15.4. The lowest BCUT2D eigenvalue weighted by Crippen LogP contribution is -2.67. The van der Waals surface area contributed by atoms with Crippen molar-refractivity contribution in [3.63, 3.8) is 0 Å². The number of carbonyl (C=O) groups is 1. The third-order valence-electron chi connectivity index (χ3n) is 8.97. The summed E-state index contributed by atoms with van der Waals surface area (Å²) in [5.74, 6) is 0.516. The maximum Gasteiger partial charge on any atom is 0.315 e. The molecule has 0 aromatic heterocycles. The molecule has 0 radical (unpaired) electrons. The molecule has 4 saturated carbocycles. The molecule has 0 unspecified atom stereocenters. The van der Waals surface area contributed by atoms with Crippen LogP contribution in [0.25, 0.3) is 0 Å². The van der Waals surface area contributed by atoms with Crippen LogP contribution in [0.15, 0.2) is 12.2 Å². The average molecular weight is 332 g/mol. The van der Waals surface area contributed by atoms with Gasteiger partial charge in [0.1, 0.15) is 6.10 Å². The fraction of sp³-hybridized carbons (Fsp3) is 0.850. The minimum atomic E-state index is -0.868. The molecule has 1 saturated heterocycles. The topological polar surface area (TPSA) is 66.8 Å². The van der Waals surface area contributed by atoms with Gasteiger partial charge in [-0.3, -0.25) is 4.79 Å². The van der Waals surface area contributed by atoms with Crippen molar-refractivity contribution in [1.29, 1.82) is 0 Å². The quantitative estimate of drug-likeness (QED) is 0.528. The van der Waals surface area contributed by atoms with Gasteiger partial charge in [-0.05, 0) is 62.7 Å². The molecule has 4 heteroatoms. The summed E-state index contributed by atoms with van der Waals surface area (Å²) in [6.07, 6.45) is 3.92. The molecule has 1 aliphatic heterocycles. The molecule has 2 N–H and O–H groups in total.